The Morgan fingerprint density at radius 3 is 2.50 bits per heavy atom. The summed E-state index contributed by atoms with van der Waals surface area (Å²) in [4.78, 5) is 11.5. The van der Waals surface area contributed by atoms with Crippen molar-refractivity contribution >= 4 is 31.9 Å². The molecule has 1 unspecified atom stereocenters. The molecule has 0 saturated heterocycles. The summed E-state index contributed by atoms with van der Waals surface area (Å²) in [6.45, 7) is 4.21. The molecule has 1 aromatic rings. The van der Waals surface area contributed by atoms with Gasteiger partial charge in [0.25, 0.3) is 0 Å². The lowest BCUT2D eigenvalue weighted by Gasteiger charge is -2.19. The van der Waals surface area contributed by atoms with Crippen LogP contribution in [0.1, 0.15) is 30.6 Å². The molecule has 0 aliphatic carbocycles. The van der Waals surface area contributed by atoms with Gasteiger partial charge in [-0.15, -0.1) is 0 Å². The van der Waals surface area contributed by atoms with Gasteiger partial charge in [0.1, 0.15) is 0 Å². The van der Waals surface area contributed by atoms with E-state index in [1.807, 2.05) is 13.8 Å². The summed E-state index contributed by atoms with van der Waals surface area (Å²) in [5.74, 6) is -0.210. The van der Waals surface area contributed by atoms with Crippen LogP contribution in [0.25, 0.3) is 0 Å². The number of carbonyl (C=O) groups excluding carboxylic acids is 1. The van der Waals surface area contributed by atoms with Crippen LogP contribution >= 0.6 is 15.9 Å². The summed E-state index contributed by atoms with van der Waals surface area (Å²) in [6.07, 6.45) is 0.646. The summed E-state index contributed by atoms with van der Waals surface area (Å²) >= 11 is 3.18. The number of rotatable bonds is 7. The predicted octanol–water partition coefficient (Wildman–Crippen LogP) is 1.89. The SMILES string of the molecule is COC(=O)c1ccc(S(=O)(=O)NC(CN)CC(C)C)c(Br)c1. The molecule has 22 heavy (non-hydrogen) atoms. The zero-order valence-electron chi connectivity index (χ0n) is 12.8. The maximum Gasteiger partial charge on any atom is 0.337 e. The third kappa shape index (κ3) is 5.05. The monoisotopic (exact) mass is 392 g/mol. The van der Waals surface area contributed by atoms with Gasteiger partial charge in [0.15, 0.2) is 0 Å². The molecule has 0 saturated carbocycles. The number of ether oxygens (including phenoxy) is 1. The van der Waals surface area contributed by atoms with E-state index in [2.05, 4.69) is 25.4 Å². The number of nitrogens with one attached hydrogen (secondary N) is 1. The highest BCUT2D eigenvalue weighted by Crippen LogP contribution is 2.24. The molecule has 1 rings (SSSR count). The molecule has 0 amide bonds. The molecule has 8 heteroatoms. The van der Waals surface area contributed by atoms with Crippen LogP contribution in [0.3, 0.4) is 0 Å². The Kier molecular flexibility index (Phi) is 6.98. The minimum atomic E-state index is -3.73. The summed E-state index contributed by atoms with van der Waals surface area (Å²) in [5, 5.41) is 0. The minimum absolute atomic E-state index is 0.0577. The highest BCUT2D eigenvalue weighted by molar-refractivity contribution is 9.10. The van der Waals surface area contributed by atoms with E-state index in [4.69, 9.17) is 5.73 Å². The second-order valence-corrected chi connectivity index (χ2v) is 7.86. The van der Waals surface area contributed by atoms with Gasteiger partial charge in [0.05, 0.1) is 17.6 Å². The molecular weight excluding hydrogens is 372 g/mol. The first-order valence-corrected chi connectivity index (χ1v) is 9.09. The average molecular weight is 393 g/mol. The molecule has 0 bridgehead atoms. The van der Waals surface area contributed by atoms with Crippen LogP contribution in [0.5, 0.6) is 0 Å². The normalized spacial score (nSPS) is 13.2. The zero-order valence-corrected chi connectivity index (χ0v) is 15.2. The van der Waals surface area contributed by atoms with Gasteiger partial charge in [-0.25, -0.2) is 17.9 Å². The number of hydrogen-bond donors (Lipinski definition) is 2. The van der Waals surface area contributed by atoms with Crippen LogP contribution in [0.15, 0.2) is 27.6 Å². The van der Waals surface area contributed by atoms with Gasteiger partial charge in [0.2, 0.25) is 10.0 Å². The fourth-order valence-electron chi connectivity index (χ4n) is 2.01. The lowest BCUT2D eigenvalue weighted by atomic mass is 10.1. The van der Waals surface area contributed by atoms with E-state index < -0.39 is 16.0 Å². The van der Waals surface area contributed by atoms with E-state index in [1.54, 1.807) is 0 Å². The Bertz CT molecular complexity index is 632. The molecule has 0 fully saturated rings. The van der Waals surface area contributed by atoms with E-state index in [0.717, 1.165) is 0 Å². The second-order valence-electron chi connectivity index (χ2n) is 5.32. The van der Waals surface area contributed by atoms with Crippen molar-refractivity contribution in [1.29, 1.82) is 0 Å². The number of carbonyl (C=O) groups is 1. The van der Waals surface area contributed by atoms with Crippen LogP contribution in [-0.2, 0) is 14.8 Å². The third-order valence-corrected chi connectivity index (χ3v) is 5.50. The van der Waals surface area contributed by atoms with Gasteiger partial charge < -0.3 is 10.5 Å². The second kappa shape index (κ2) is 8.05. The number of halogens is 1. The van der Waals surface area contributed by atoms with Crippen molar-refractivity contribution in [2.75, 3.05) is 13.7 Å². The van der Waals surface area contributed by atoms with Crippen molar-refractivity contribution in [3.8, 4) is 0 Å². The first kappa shape index (κ1) is 19.1. The highest BCUT2D eigenvalue weighted by atomic mass is 79.9. The van der Waals surface area contributed by atoms with Crippen molar-refractivity contribution in [2.24, 2.45) is 11.7 Å². The van der Waals surface area contributed by atoms with E-state index in [-0.39, 0.29) is 23.0 Å². The van der Waals surface area contributed by atoms with Crippen LogP contribution in [0.4, 0.5) is 0 Å². The van der Waals surface area contributed by atoms with E-state index in [1.165, 1.54) is 25.3 Å². The average Bonchev–Trinajstić information content (AvgIpc) is 2.44. The van der Waals surface area contributed by atoms with Crippen LogP contribution in [-0.4, -0.2) is 34.1 Å². The standard InChI is InChI=1S/C14H21BrN2O4S/c1-9(2)6-11(8-16)17-22(19,20)13-5-4-10(7-12(13)15)14(18)21-3/h4-5,7,9,11,17H,6,8,16H2,1-3H3. The fraction of sp³-hybridized carbons (Fsp3) is 0.500. The summed E-state index contributed by atoms with van der Waals surface area (Å²) in [6, 6.07) is 3.85. The van der Waals surface area contributed by atoms with E-state index in [9.17, 15) is 13.2 Å². The van der Waals surface area contributed by atoms with Gasteiger partial charge >= 0.3 is 5.97 Å². The summed E-state index contributed by atoms with van der Waals surface area (Å²) in [7, 11) is -2.46. The smallest absolute Gasteiger partial charge is 0.337 e. The molecular formula is C14H21BrN2O4S. The maximum atomic E-state index is 12.4. The highest BCUT2D eigenvalue weighted by Gasteiger charge is 2.23. The maximum absolute atomic E-state index is 12.4. The quantitative estimate of drug-likeness (QED) is 0.690. The molecule has 0 heterocycles. The summed E-state index contributed by atoms with van der Waals surface area (Å²) in [5.41, 5.74) is 5.90. The Morgan fingerprint density at radius 2 is 2.05 bits per heavy atom. The molecule has 124 valence electrons. The van der Waals surface area contributed by atoms with Crippen molar-refractivity contribution in [3.05, 3.63) is 28.2 Å². The molecule has 0 radical (unpaired) electrons. The fourth-order valence-corrected chi connectivity index (χ4v) is 4.35. The molecule has 6 nitrogen and oxygen atoms in total. The Balaban J connectivity index is 3.05. The molecule has 0 aliphatic rings. The van der Waals surface area contributed by atoms with Gasteiger partial charge in [0, 0.05) is 17.1 Å². The molecule has 1 atom stereocenters. The van der Waals surface area contributed by atoms with Crippen LogP contribution in [0, 0.1) is 5.92 Å². The van der Waals surface area contributed by atoms with Crippen molar-refractivity contribution in [3.63, 3.8) is 0 Å². The van der Waals surface area contributed by atoms with Gasteiger partial charge in [-0.05, 0) is 46.5 Å². The van der Waals surface area contributed by atoms with E-state index in [0.29, 0.717) is 16.8 Å². The van der Waals surface area contributed by atoms with Gasteiger partial charge in [-0.3, -0.25) is 0 Å². The first-order valence-electron chi connectivity index (χ1n) is 6.81. The Hall–Kier alpha value is -0.960. The van der Waals surface area contributed by atoms with E-state index >= 15 is 0 Å². The minimum Gasteiger partial charge on any atom is -0.465 e. The molecule has 0 spiro atoms. The topological polar surface area (TPSA) is 98.5 Å². The number of esters is 1. The van der Waals surface area contributed by atoms with Gasteiger partial charge in [-0.1, -0.05) is 13.8 Å². The lowest BCUT2D eigenvalue weighted by molar-refractivity contribution is 0.0600. The Labute approximate surface area is 139 Å². The molecule has 1 aromatic carbocycles. The number of methoxy groups -OCH3 is 1. The molecule has 0 aliphatic heterocycles. The predicted molar refractivity (Wildman–Crippen MR) is 88.1 cm³/mol. The summed E-state index contributed by atoms with van der Waals surface area (Å²) < 4.78 is 32.4. The van der Waals surface area contributed by atoms with Crippen LogP contribution in [0.2, 0.25) is 0 Å². The third-order valence-electron chi connectivity index (χ3n) is 3.00. The number of benzene rings is 1. The number of nitrogens with two attached hydrogens (primary N) is 1. The zero-order chi connectivity index (χ0) is 16.9. The van der Waals surface area contributed by atoms with Gasteiger partial charge in [-0.2, -0.15) is 0 Å². The van der Waals surface area contributed by atoms with Crippen LogP contribution < -0.4 is 10.5 Å². The number of sulfonamides is 1. The van der Waals surface area contributed by atoms with Crippen molar-refractivity contribution in [2.45, 2.75) is 31.2 Å². The largest absolute Gasteiger partial charge is 0.465 e. The molecule has 3 N–H and O–H groups in total. The molecule has 0 aromatic heterocycles. The first-order chi connectivity index (χ1) is 10.2. The van der Waals surface area contributed by atoms with Crippen molar-refractivity contribution < 1.29 is 17.9 Å². The van der Waals surface area contributed by atoms with Crippen molar-refractivity contribution in [1.82, 2.24) is 4.72 Å². The Morgan fingerprint density at radius 1 is 1.41 bits per heavy atom. The number of hydrogen-bond acceptors (Lipinski definition) is 5. The lowest BCUT2D eigenvalue weighted by Crippen LogP contribution is -2.41.